The Balaban J connectivity index is 1.64. The Kier molecular flexibility index (Phi) is 7.02. The number of nitrogens with two attached hydrogens (primary N) is 1. The predicted molar refractivity (Wildman–Crippen MR) is 130 cm³/mol. The van der Waals surface area contributed by atoms with Gasteiger partial charge in [0, 0.05) is 24.5 Å². The van der Waals surface area contributed by atoms with E-state index in [2.05, 4.69) is 20.2 Å². The highest BCUT2D eigenvalue weighted by atomic mass is 32.2. The van der Waals surface area contributed by atoms with Crippen molar-refractivity contribution in [1.29, 1.82) is 0 Å². The first-order chi connectivity index (χ1) is 16.5. The van der Waals surface area contributed by atoms with E-state index in [1.165, 1.54) is 4.57 Å². The van der Waals surface area contributed by atoms with Gasteiger partial charge in [-0.25, -0.2) is 4.79 Å². The Morgan fingerprint density at radius 2 is 1.88 bits per heavy atom. The first-order valence-electron chi connectivity index (χ1n) is 10.7. The minimum Gasteiger partial charge on any atom is -0.384 e. The van der Waals surface area contributed by atoms with E-state index in [1.54, 1.807) is 12.4 Å². The van der Waals surface area contributed by atoms with Crippen LogP contribution in [0.2, 0.25) is 0 Å². The van der Waals surface area contributed by atoms with Crippen LogP contribution in [0.25, 0.3) is 11.4 Å². The van der Waals surface area contributed by atoms with Gasteiger partial charge in [0.15, 0.2) is 16.8 Å². The number of hydrogen-bond acceptors (Lipinski definition) is 8. The van der Waals surface area contributed by atoms with Gasteiger partial charge in [0.05, 0.1) is 12.3 Å². The molecule has 0 saturated heterocycles. The molecule has 0 fully saturated rings. The number of aromatic amines is 1. The largest absolute Gasteiger partial charge is 0.384 e. The number of hydrogen-bond donors (Lipinski definition) is 2. The molecule has 0 aliphatic carbocycles. The zero-order valence-electron chi connectivity index (χ0n) is 18.5. The summed E-state index contributed by atoms with van der Waals surface area (Å²) in [6.45, 7) is 2.65. The molecule has 0 bridgehead atoms. The normalized spacial score (nSPS) is 11.0. The number of carbonyl (C=O) groups excluding carboxylic acids is 1. The number of nitrogen functional groups attached to an aromatic ring is 1. The number of aromatic nitrogens is 6. The fourth-order valence-corrected chi connectivity index (χ4v) is 4.33. The lowest BCUT2D eigenvalue weighted by molar-refractivity contribution is 0.102. The molecule has 1 aromatic carbocycles. The highest BCUT2D eigenvalue weighted by Gasteiger charge is 2.21. The molecule has 3 aromatic heterocycles. The molecule has 0 atom stereocenters. The third-order valence-corrected chi connectivity index (χ3v) is 6.08. The van der Waals surface area contributed by atoms with Crippen LogP contribution in [0, 0.1) is 0 Å². The zero-order valence-corrected chi connectivity index (χ0v) is 19.3. The topological polar surface area (TPSA) is 142 Å². The molecule has 0 spiro atoms. The molecule has 3 heterocycles. The van der Waals surface area contributed by atoms with Gasteiger partial charge in [-0.1, -0.05) is 49.0 Å². The summed E-state index contributed by atoms with van der Waals surface area (Å²) in [6.07, 6.45) is 4.00. The Bertz CT molecular complexity index is 1410. The molecule has 10 nitrogen and oxygen atoms in total. The third-order valence-electron chi connectivity index (χ3n) is 5.12. The lowest BCUT2D eigenvalue weighted by Crippen LogP contribution is -2.36. The Labute approximate surface area is 198 Å². The van der Waals surface area contributed by atoms with Crippen molar-refractivity contribution in [3.05, 3.63) is 86.8 Å². The molecule has 3 N–H and O–H groups in total. The molecule has 11 heteroatoms. The van der Waals surface area contributed by atoms with Crippen molar-refractivity contribution in [3.63, 3.8) is 0 Å². The van der Waals surface area contributed by atoms with Crippen LogP contribution >= 0.6 is 11.8 Å². The van der Waals surface area contributed by atoms with Crippen LogP contribution in [0.5, 0.6) is 0 Å². The monoisotopic (exact) mass is 477 g/mol. The molecule has 0 aliphatic rings. The molecule has 174 valence electrons. The van der Waals surface area contributed by atoms with E-state index in [4.69, 9.17) is 5.73 Å². The quantitative estimate of drug-likeness (QED) is 0.276. The number of anilines is 1. The zero-order chi connectivity index (χ0) is 24.1. The lowest BCUT2D eigenvalue weighted by atomic mass is 10.2. The van der Waals surface area contributed by atoms with Gasteiger partial charge in [0.2, 0.25) is 0 Å². The summed E-state index contributed by atoms with van der Waals surface area (Å²) in [4.78, 5) is 43.7. The second kappa shape index (κ2) is 10.3. The van der Waals surface area contributed by atoms with Crippen LogP contribution < -0.4 is 17.0 Å². The number of benzene rings is 1. The van der Waals surface area contributed by atoms with Gasteiger partial charge in [-0.05, 0) is 24.1 Å². The van der Waals surface area contributed by atoms with Crippen molar-refractivity contribution in [1.82, 2.24) is 29.3 Å². The minimum absolute atomic E-state index is 0.0996. The number of rotatable bonds is 9. The first-order valence-corrected chi connectivity index (χ1v) is 11.6. The Morgan fingerprint density at radius 1 is 1.09 bits per heavy atom. The van der Waals surface area contributed by atoms with E-state index in [9.17, 15) is 14.4 Å². The van der Waals surface area contributed by atoms with Gasteiger partial charge in [0.25, 0.3) is 5.56 Å². The van der Waals surface area contributed by atoms with Crippen LogP contribution in [0.15, 0.2) is 69.6 Å². The number of ketones is 1. The molecule has 0 radical (unpaired) electrons. The van der Waals surface area contributed by atoms with E-state index in [0.717, 1.165) is 22.9 Å². The first kappa shape index (κ1) is 23.2. The van der Waals surface area contributed by atoms with Crippen molar-refractivity contribution in [2.75, 3.05) is 11.5 Å². The predicted octanol–water partition coefficient (Wildman–Crippen LogP) is 2.21. The van der Waals surface area contributed by atoms with E-state index in [0.29, 0.717) is 30.5 Å². The van der Waals surface area contributed by atoms with Crippen LogP contribution in [0.4, 0.5) is 5.82 Å². The molecule has 0 amide bonds. The third kappa shape index (κ3) is 4.84. The van der Waals surface area contributed by atoms with Crippen molar-refractivity contribution < 1.29 is 4.79 Å². The molecule has 4 aromatic rings. The average molecular weight is 478 g/mol. The van der Waals surface area contributed by atoms with Gasteiger partial charge in [0.1, 0.15) is 11.4 Å². The van der Waals surface area contributed by atoms with Gasteiger partial charge >= 0.3 is 5.69 Å². The summed E-state index contributed by atoms with van der Waals surface area (Å²) in [6, 6.07) is 13.5. The highest BCUT2D eigenvalue weighted by molar-refractivity contribution is 7.99. The second-order valence-corrected chi connectivity index (χ2v) is 8.45. The number of thioether (sulfide) groups is 1. The highest BCUT2D eigenvalue weighted by Crippen LogP contribution is 2.25. The maximum atomic E-state index is 13.0. The molecule has 0 aliphatic heterocycles. The maximum absolute atomic E-state index is 13.0. The number of nitrogens with zero attached hydrogens (tertiary/aromatic N) is 5. The maximum Gasteiger partial charge on any atom is 0.329 e. The van der Waals surface area contributed by atoms with Gasteiger partial charge < -0.3 is 5.73 Å². The number of pyridine rings is 1. The Hall–Kier alpha value is -3.99. The molecule has 34 heavy (non-hydrogen) atoms. The minimum atomic E-state index is -0.790. The smallest absolute Gasteiger partial charge is 0.329 e. The summed E-state index contributed by atoms with van der Waals surface area (Å²) < 4.78 is 3.10. The van der Waals surface area contributed by atoms with Crippen molar-refractivity contribution in [2.24, 2.45) is 0 Å². The number of H-pyrrole nitrogens is 1. The van der Waals surface area contributed by atoms with Gasteiger partial charge in [-0.3, -0.25) is 28.7 Å². The molecule has 0 saturated carbocycles. The summed E-state index contributed by atoms with van der Waals surface area (Å²) >= 11 is 1.15. The average Bonchev–Trinajstić information content (AvgIpc) is 3.23. The van der Waals surface area contributed by atoms with Crippen LogP contribution in [0.3, 0.4) is 0 Å². The van der Waals surface area contributed by atoms with E-state index in [-0.39, 0.29) is 17.1 Å². The van der Waals surface area contributed by atoms with Gasteiger partial charge in [-0.2, -0.15) is 0 Å². The fraction of sp³-hybridized carbons (Fsp3) is 0.217. The lowest BCUT2D eigenvalue weighted by Gasteiger charge is -2.12. The summed E-state index contributed by atoms with van der Waals surface area (Å²) in [7, 11) is 0. The summed E-state index contributed by atoms with van der Waals surface area (Å²) in [5.74, 6) is -0.105. The second-order valence-electron chi connectivity index (χ2n) is 7.50. The van der Waals surface area contributed by atoms with E-state index < -0.39 is 17.0 Å². The number of nitrogens with one attached hydrogen (secondary N) is 1. The van der Waals surface area contributed by atoms with Crippen LogP contribution in [-0.2, 0) is 13.1 Å². The number of Topliss-reactive ketones (excluding diaryl/α,β-unsaturated/α-hetero) is 1. The summed E-state index contributed by atoms with van der Waals surface area (Å²) in [5, 5.41) is 9.11. The van der Waals surface area contributed by atoms with Gasteiger partial charge in [-0.15, -0.1) is 10.2 Å². The molecule has 4 rings (SSSR count). The Morgan fingerprint density at radius 3 is 2.59 bits per heavy atom. The molecule has 0 unspecified atom stereocenters. The van der Waals surface area contributed by atoms with Crippen molar-refractivity contribution in [3.8, 4) is 11.4 Å². The van der Waals surface area contributed by atoms with Crippen LogP contribution in [-0.4, -0.2) is 40.8 Å². The summed E-state index contributed by atoms with van der Waals surface area (Å²) in [5.41, 5.74) is 6.21. The fourth-order valence-electron chi connectivity index (χ4n) is 3.52. The van der Waals surface area contributed by atoms with Crippen molar-refractivity contribution >= 4 is 23.4 Å². The molecular weight excluding hydrogens is 454 g/mol. The SMILES string of the molecule is CCCn1c(N)c(C(=O)CSc2nnc(-c3cccnc3)n2Cc2ccccc2)c(=O)[nH]c1=O. The van der Waals surface area contributed by atoms with E-state index >= 15 is 0 Å². The van der Waals surface area contributed by atoms with Crippen molar-refractivity contribution in [2.45, 2.75) is 31.6 Å². The molecular formula is C23H23N7O3S. The number of carbonyl (C=O) groups is 1. The standard InChI is InChI=1S/C23H23N7O3S/c1-2-11-29-19(24)18(21(32)26-22(29)33)17(31)14-34-23-28-27-20(16-9-6-10-25-12-16)30(23)13-15-7-4-3-5-8-15/h3-10,12H,2,11,13-14,24H2,1H3,(H,26,32,33). The van der Waals surface area contributed by atoms with E-state index in [1.807, 2.05) is 54.0 Å². The van der Waals surface area contributed by atoms with Crippen LogP contribution in [0.1, 0.15) is 29.3 Å².